The number of hydrogen-bond acceptors (Lipinski definition) is 1. The molecule has 2 aromatic carbocycles. The second-order valence-corrected chi connectivity index (χ2v) is 4.85. The minimum atomic E-state index is -0.780. The molecule has 0 spiro atoms. The van der Waals surface area contributed by atoms with Crippen molar-refractivity contribution in [2.45, 2.75) is 32.7 Å². The third-order valence-corrected chi connectivity index (χ3v) is 3.65. The molecular weight excluding hydrogens is 256 g/mol. The fourth-order valence-corrected chi connectivity index (χ4v) is 2.44. The number of hydrogen-bond donors (Lipinski definition) is 1. The first kappa shape index (κ1) is 14.7. The van der Waals surface area contributed by atoms with Gasteiger partial charge in [0.15, 0.2) is 0 Å². The Morgan fingerprint density at radius 1 is 1.00 bits per heavy atom. The van der Waals surface area contributed by atoms with Crippen LogP contribution >= 0.6 is 0 Å². The molecule has 1 atom stereocenters. The van der Waals surface area contributed by atoms with Gasteiger partial charge in [-0.1, -0.05) is 38.1 Å². The van der Waals surface area contributed by atoms with Gasteiger partial charge >= 0.3 is 0 Å². The maximum atomic E-state index is 13.9. The molecule has 2 aromatic rings. The molecule has 106 valence electrons. The maximum absolute atomic E-state index is 13.9. The lowest BCUT2D eigenvalue weighted by atomic mass is 9.91. The molecule has 2 N–H and O–H groups in total. The lowest BCUT2D eigenvalue weighted by Crippen LogP contribution is -2.17. The molecule has 0 aliphatic carbocycles. The average molecular weight is 275 g/mol. The van der Waals surface area contributed by atoms with E-state index in [9.17, 15) is 8.78 Å². The Balaban J connectivity index is 2.55. The molecule has 0 aromatic heterocycles. The van der Waals surface area contributed by atoms with Crippen molar-refractivity contribution < 1.29 is 8.78 Å². The Morgan fingerprint density at radius 3 is 2.20 bits per heavy atom. The largest absolute Gasteiger partial charge is 0.320 e. The fourth-order valence-electron chi connectivity index (χ4n) is 2.44. The van der Waals surface area contributed by atoms with Crippen molar-refractivity contribution in [1.82, 2.24) is 0 Å². The van der Waals surface area contributed by atoms with Crippen LogP contribution in [0.25, 0.3) is 0 Å². The van der Waals surface area contributed by atoms with Gasteiger partial charge in [0.05, 0.1) is 6.04 Å². The normalized spacial score (nSPS) is 12.4. The van der Waals surface area contributed by atoms with E-state index in [1.165, 1.54) is 18.2 Å². The van der Waals surface area contributed by atoms with Gasteiger partial charge in [-0.25, -0.2) is 8.78 Å². The van der Waals surface area contributed by atoms with Crippen LogP contribution in [0.2, 0.25) is 0 Å². The van der Waals surface area contributed by atoms with Gasteiger partial charge in [-0.15, -0.1) is 0 Å². The van der Waals surface area contributed by atoms with Crippen molar-refractivity contribution in [2.24, 2.45) is 5.73 Å². The molecule has 3 heteroatoms. The van der Waals surface area contributed by atoms with Gasteiger partial charge < -0.3 is 5.73 Å². The summed E-state index contributed by atoms with van der Waals surface area (Å²) in [4.78, 5) is 0. The van der Waals surface area contributed by atoms with Crippen LogP contribution in [0.1, 0.15) is 42.1 Å². The van der Waals surface area contributed by atoms with Crippen molar-refractivity contribution >= 4 is 0 Å². The summed E-state index contributed by atoms with van der Waals surface area (Å²) in [5.74, 6) is -1.19. The summed E-state index contributed by atoms with van der Waals surface area (Å²) in [6, 6.07) is 9.04. The number of benzene rings is 2. The van der Waals surface area contributed by atoms with Gasteiger partial charge in [0, 0.05) is 5.56 Å². The van der Waals surface area contributed by atoms with Crippen LogP contribution in [-0.2, 0) is 12.8 Å². The summed E-state index contributed by atoms with van der Waals surface area (Å²) in [7, 11) is 0. The highest BCUT2D eigenvalue weighted by atomic mass is 19.1. The van der Waals surface area contributed by atoms with E-state index in [2.05, 4.69) is 0 Å². The van der Waals surface area contributed by atoms with Crippen molar-refractivity contribution in [2.75, 3.05) is 0 Å². The quantitative estimate of drug-likeness (QED) is 0.891. The number of rotatable bonds is 4. The summed E-state index contributed by atoms with van der Waals surface area (Å²) < 4.78 is 27.8. The second kappa shape index (κ2) is 6.14. The molecule has 0 amide bonds. The molecule has 0 heterocycles. The van der Waals surface area contributed by atoms with E-state index in [0.717, 1.165) is 29.5 Å². The second-order valence-electron chi connectivity index (χ2n) is 4.85. The Morgan fingerprint density at radius 2 is 1.65 bits per heavy atom. The summed E-state index contributed by atoms with van der Waals surface area (Å²) in [5.41, 5.74) is 9.02. The molecule has 1 unspecified atom stereocenters. The highest BCUT2D eigenvalue weighted by Crippen LogP contribution is 2.28. The van der Waals surface area contributed by atoms with Crippen LogP contribution in [0, 0.1) is 11.6 Å². The van der Waals surface area contributed by atoms with Gasteiger partial charge in [-0.05, 0) is 41.7 Å². The van der Waals surface area contributed by atoms with Gasteiger partial charge in [-0.2, -0.15) is 0 Å². The predicted octanol–water partition coefficient (Wildman–Crippen LogP) is 4.14. The molecule has 0 fully saturated rings. The monoisotopic (exact) mass is 275 g/mol. The first-order valence-corrected chi connectivity index (χ1v) is 6.89. The van der Waals surface area contributed by atoms with Gasteiger partial charge in [-0.3, -0.25) is 0 Å². The summed E-state index contributed by atoms with van der Waals surface area (Å²) >= 11 is 0. The molecule has 2 rings (SSSR count). The summed E-state index contributed by atoms with van der Waals surface area (Å²) in [6.45, 7) is 4.05. The van der Waals surface area contributed by atoms with E-state index in [1.807, 2.05) is 32.0 Å². The Hall–Kier alpha value is -1.74. The van der Waals surface area contributed by atoms with Gasteiger partial charge in [0.1, 0.15) is 11.6 Å². The van der Waals surface area contributed by atoms with Crippen molar-refractivity contribution in [3.63, 3.8) is 0 Å². The number of nitrogens with two attached hydrogens (primary N) is 1. The van der Waals surface area contributed by atoms with Crippen LogP contribution in [0.4, 0.5) is 8.78 Å². The lowest BCUT2D eigenvalue weighted by molar-refractivity contribution is 0.542. The van der Waals surface area contributed by atoms with E-state index in [4.69, 9.17) is 5.73 Å². The highest BCUT2D eigenvalue weighted by Gasteiger charge is 2.20. The minimum absolute atomic E-state index is 0.0598. The molecule has 0 aliphatic heterocycles. The average Bonchev–Trinajstić information content (AvgIpc) is 2.46. The Kier molecular flexibility index (Phi) is 4.50. The first-order valence-electron chi connectivity index (χ1n) is 6.89. The zero-order valence-electron chi connectivity index (χ0n) is 11.8. The van der Waals surface area contributed by atoms with Crippen LogP contribution < -0.4 is 5.73 Å². The zero-order chi connectivity index (χ0) is 14.7. The third kappa shape index (κ3) is 2.73. The van der Waals surface area contributed by atoms with Gasteiger partial charge in [0.2, 0.25) is 0 Å². The van der Waals surface area contributed by atoms with E-state index < -0.39 is 17.7 Å². The fraction of sp³-hybridized carbons (Fsp3) is 0.294. The molecule has 0 radical (unpaired) electrons. The van der Waals surface area contributed by atoms with Crippen molar-refractivity contribution in [3.8, 4) is 0 Å². The number of halogens is 2. The summed E-state index contributed by atoms with van der Waals surface area (Å²) in [5, 5.41) is 0. The van der Waals surface area contributed by atoms with Gasteiger partial charge in [0.25, 0.3) is 0 Å². The minimum Gasteiger partial charge on any atom is -0.320 e. The topological polar surface area (TPSA) is 26.0 Å². The molecule has 1 nitrogen and oxygen atoms in total. The van der Waals surface area contributed by atoms with Crippen LogP contribution in [0.15, 0.2) is 36.4 Å². The Labute approximate surface area is 118 Å². The third-order valence-electron chi connectivity index (χ3n) is 3.65. The van der Waals surface area contributed by atoms with Crippen LogP contribution in [0.5, 0.6) is 0 Å². The van der Waals surface area contributed by atoms with E-state index >= 15 is 0 Å². The first-order chi connectivity index (χ1) is 9.58. The maximum Gasteiger partial charge on any atom is 0.131 e. The molecule has 0 bridgehead atoms. The molecule has 0 aliphatic rings. The van der Waals surface area contributed by atoms with E-state index in [1.54, 1.807) is 0 Å². The van der Waals surface area contributed by atoms with Crippen molar-refractivity contribution in [3.05, 3.63) is 70.3 Å². The predicted molar refractivity (Wildman–Crippen MR) is 77.6 cm³/mol. The highest BCUT2D eigenvalue weighted by molar-refractivity contribution is 5.40. The molecule has 0 saturated heterocycles. The zero-order valence-corrected chi connectivity index (χ0v) is 11.8. The Bertz CT molecular complexity index is 588. The molecule has 20 heavy (non-hydrogen) atoms. The van der Waals surface area contributed by atoms with Crippen LogP contribution in [0.3, 0.4) is 0 Å². The van der Waals surface area contributed by atoms with Crippen molar-refractivity contribution in [1.29, 1.82) is 0 Å². The molecular formula is C17H19F2N. The van der Waals surface area contributed by atoms with Crippen LogP contribution in [-0.4, -0.2) is 0 Å². The summed E-state index contributed by atoms with van der Waals surface area (Å²) in [6.07, 6.45) is 1.65. The number of aryl methyl sites for hydroxylation is 2. The lowest BCUT2D eigenvalue weighted by Gasteiger charge is -2.18. The standard InChI is InChI=1S/C17H19F2N/c1-3-11-8-9-12(4-2)13(10-11)17(20)16-14(18)6-5-7-15(16)19/h5-10,17H,3-4,20H2,1-2H3. The SMILES string of the molecule is CCc1ccc(CC)c(C(N)c2c(F)cccc2F)c1. The molecule has 0 saturated carbocycles. The van der Waals surface area contributed by atoms with E-state index in [0.29, 0.717) is 0 Å². The smallest absolute Gasteiger partial charge is 0.131 e. The van der Waals surface area contributed by atoms with E-state index in [-0.39, 0.29) is 5.56 Å².